The third-order valence-corrected chi connectivity index (χ3v) is 5.09. The number of nitrogens with zero attached hydrogens (tertiary/aromatic N) is 1. The summed E-state index contributed by atoms with van der Waals surface area (Å²) in [6, 6.07) is 15.3. The number of hydrogen-bond donors (Lipinski definition) is 1. The molecule has 1 atom stereocenters. The van der Waals surface area contributed by atoms with E-state index >= 15 is 0 Å². The molecular weight excluding hydrogens is 395 g/mol. The highest BCUT2D eigenvalue weighted by molar-refractivity contribution is 6.30. The zero-order valence-corrected chi connectivity index (χ0v) is 17.9. The Morgan fingerprint density at radius 2 is 1.54 bits per heavy atom. The first-order valence-corrected chi connectivity index (χ1v) is 10.2. The standard InChI is InChI=1S/C22H26Cl2N2O2/c1-22(2,3)25-21(27)26-13-12-19(14-26)28-20(15-4-8-17(23)9-5-15)16-6-10-18(24)11-7-16/h4-11,19-20H,12-14H2,1-3H3,(H,25,27)/t19-/m1/s1. The molecule has 0 aliphatic carbocycles. The maximum atomic E-state index is 12.4. The molecule has 0 aromatic heterocycles. The lowest BCUT2D eigenvalue weighted by Crippen LogP contribution is -2.48. The van der Waals surface area contributed by atoms with E-state index in [-0.39, 0.29) is 23.8 Å². The fourth-order valence-corrected chi connectivity index (χ4v) is 3.49. The molecule has 1 saturated heterocycles. The molecule has 1 aliphatic rings. The molecule has 2 amide bonds. The largest absolute Gasteiger partial charge is 0.364 e. The van der Waals surface area contributed by atoms with Crippen molar-refractivity contribution in [2.24, 2.45) is 0 Å². The highest BCUT2D eigenvalue weighted by Crippen LogP contribution is 2.31. The lowest BCUT2D eigenvalue weighted by Gasteiger charge is -2.26. The molecule has 1 fully saturated rings. The average Bonchev–Trinajstić information content (AvgIpc) is 3.09. The minimum absolute atomic E-state index is 0.0397. The molecular formula is C22H26Cl2N2O2. The van der Waals surface area contributed by atoms with Crippen molar-refractivity contribution in [3.8, 4) is 0 Å². The van der Waals surface area contributed by atoms with Crippen molar-refractivity contribution < 1.29 is 9.53 Å². The molecule has 6 heteroatoms. The van der Waals surface area contributed by atoms with Gasteiger partial charge in [0.2, 0.25) is 0 Å². The van der Waals surface area contributed by atoms with Crippen LogP contribution >= 0.6 is 23.2 Å². The molecule has 150 valence electrons. The highest BCUT2D eigenvalue weighted by atomic mass is 35.5. The zero-order chi connectivity index (χ0) is 20.3. The van der Waals surface area contributed by atoms with Gasteiger partial charge in [-0.15, -0.1) is 0 Å². The van der Waals surface area contributed by atoms with Gasteiger partial charge in [0.1, 0.15) is 6.10 Å². The minimum Gasteiger partial charge on any atom is -0.364 e. The molecule has 0 saturated carbocycles. The van der Waals surface area contributed by atoms with Gasteiger partial charge in [-0.2, -0.15) is 0 Å². The quantitative estimate of drug-likeness (QED) is 0.690. The number of carbonyl (C=O) groups excluding carboxylic acids is 1. The number of urea groups is 1. The van der Waals surface area contributed by atoms with E-state index in [1.165, 1.54) is 0 Å². The predicted molar refractivity (Wildman–Crippen MR) is 114 cm³/mol. The second kappa shape index (κ2) is 8.73. The van der Waals surface area contributed by atoms with E-state index in [4.69, 9.17) is 27.9 Å². The Morgan fingerprint density at radius 3 is 2.00 bits per heavy atom. The van der Waals surface area contributed by atoms with Gasteiger partial charge in [0.05, 0.1) is 6.10 Å². The fraction of sp³-hybridized carbons (Fsp3) is 0.409. The van der Waals surface area contributed by atoms with E-state index in [1.807, 2.05) is 74.2 Å². The fourth-order valence-electron chi connectivity index (χ4n) is 3.24. The van der Waals surface area contributed by atoms with Gasteiger partial charge in [-0.25, -0.2) is 4.79 Å². The average molecular weight is 421 g/mol. The third kappa shape index (κ3) is 5.63. The van der Waals surface area contributed by atoms with Gasteiger partial charge in [-0.3, -0.25) is 0 Å². The van der Waals surface area contributed by atoms with Crippen molar-refractivity contribution in [3.63, 3.8) is 0 Å². The molecule has 1 aliphatic heterocycles. The number of halogens is 2. The van der Waals surface area contributed by atoms with Crippen LogP contribution in [-0.4, -0.2) is 35.7 Å². The first kappa shape index (κ1) is 21.0. The summed E-state index contributed by atoms with van der Waals surface area (Å²) in [5.74, 6) is 0. The van der Waals surface area contributed by atoms with E-state index in [9.17, 15) is 4.79 Å². The Balaban J connectivity index is 1.74. The Hall–Kier alpha value is -1.75. The first-order chi connectivity index (χ1) is 13.2. The van der Waals surface area contributed by atoms with Gasteiger partial charge >= 0.3 is 6.03 Å². The van der Waals surface area contributed by atoms with Gasteiger partial charge < -0.3 is 15.0 Å². The summed E-state index contributed by atoms with van der Waals surface area (Å²) in [4.78, 5) is 14.3. The summed E-state index contributed by atoms with van der Waals surface area (Å²) in [5, 5.41) is 4.38. The van der Waals surface area contributed by atoms with E-state index in [1.54, 1.807) is 0 Å². The van der Waals surface area contributed by atoms with Crippen molar-refractivity contribution in [1.82, 2.24) is 10.2 Å². The number of likely N-dealkylation sites (tertiary alicyclic amines) is 1. The summed E-state index contributed by atoms with van der Waals surface area (Å²) in [5.41, 5.74) is 1.78. The van der Waals surface area contributed by atoms with E-state index in [2.05, 4.69) is 5.32 Å². The summed E-state index contributed by atoms with van der Waals surface area (Å²) < 4.78 is 6.47. The van der Waals surface area contributed by atoms with Crippen LogP contribution in [0.1, 0.15) is 44.4 Å². The van der Waals surface area contributed by atoms with Crippen molar-refractivity contribution in [2.45, 2.75) is 44.9 Å². The van der Waals surface area contributed by atoms with Crippen LogP contribution in [0.5, 0.6) is 0 Å². The van der Waals surface area contributed by atoms with Crippen LogP contribution in [0, 0.1) is 0 Å². The number of benzene rings is 2. The van der Waals surface area contributed by atoms with Crippen LogP contribution in [0.2, 0.25) is 10.0 Å². The Labute approximate surface area is 176 Å². The number of ether oxygens (including phenoxy) is 1. The van der Waals surface area contributed by atoms with Gasteiger partial charge in [0.25, 0.3) is 0 Å². The SMILES string of the molecule is CC(C)(C)NC(=O)N1CC[C@@H](OC(c2ccc(Cl)cc2)c2ccc(Cl)cc2)C1. The van der Waals surface area contributed by atoms with Crippen molar-refractivity contribution in [3.05, 3.63) is 69.7 Å². The second-order valence-corrected chi connectivity index (χ2v) is 9.03. The molecule has 0 unspecified atom stereocenters. The predicted octanol–water partition coefficient (Wildman–Crippen LogP) is 5.68. The smallest absolute Gasteiger partial charge is 0.317 e. The molecule has 0 spiro atoms. The van der Waals surface area contributed by atoms with Crippen LogP contribution in [0.15, 0.2) is 48.5 Å². The van der Waals surface area contributed by atoms with Crippen LogP contribution in [0.4, 0.5) is 4.79 Å². The number of amides is 2. The van der Waals surface area contributed by atoms with E-state index in [0.29, 0.717) is 23.1 Å². The van der Waals surface area contributed by atoms with Gasteiger partial charge in [0, 0.05) is 28.7 Å². The highest BCUT2D eigenvalue weighted by Gasteiger charge is 2.31. The lowest BCUT2D eigenvalue weighted by atomic mass is 10.0. The Morgan fingerprint density at radius 1 is 1.04 bits per heavy atom. The van der Waals surface area contributed by atoms with Crippen LogP contribution < -0.4 is 5.32 Å². The summed E-state index contributed by atoms with van der Waals surface area (Å²) in [7, 11) is 0. The molecule has 2 aromatic carbocycles. The van der Waals surface area contributed by atoms with Gasteiger partial charge in [-0.1, -0.05) is 47.5 Å². The molecule has 28 heavy (non-hydrogen) atoms. The van der Waals surface area contributed by atoms with Crippen LogP contribution in [-0.2, 0) is 4.74 Å². The van der Waals surface area contributed by atoms with Crippen molar-refractivity contribution in [1.29, 1.82) is 0 Å². The molecule has 0 bridgehead atoms. The Bertz CT molecular complexity index is 755. The third-order valence-electron chi connectivity index (χ3n) is 4.59. The zero-order valence-electron chi connectivity index (χ0n) is 16.4. The normalized spacial score (nSPS) is 17.2. The molecule has 0 radical (unpaired) electrons. The summed E-state index contributed by atoms with van der Waals surface area (Å²) in [6.45, 7) is 7.18. The van der Waals surface area contributed by atoms with Gasteiger partial charge in [0.15, 0.2) is 0 Å². The van der Waals surface area contributed by atoms with Crippen molar-refractivity contribution >= 4 is 29.2 Å². The maximum Gasteiger partial charge on any atom is 0.317 e. The number of rotatable bonds is 4. The number of hydrogen-bond acceptors (Lipinski definition) is 2. The monoisotopic (exact) mass is 420 g/mol. The van der Waals surface area contributed by atoms with Crippen LogP contribution in [0.3, 0.4) is 0 Å². The molecule has 4 nitrogen and oxygen atoms in total. The molecule has 1 N–H and O–H groups in total. The van der Waals surface area contributed by atoms with Crippen LogP contribution in [0.25, 0.3) is 0 Å². The molecule has 3 rings (SSSR count). The summed E-state index contributed by atoms with van der Waals surface area (Å²) in [6.07, 6.45) is 0.516. The van der Waals surface area contributed by atoms with Crippen molar-refractivity contribution in [2.75, 3.05) is 13.1 Å². The molecule has 1 heterocycles. The van der Waals surface area contributed by atoms with E-state index < -0.39 is 0 Å². The molecule has 2 aromatic rings. The second-order valence-electron chi connectivity index (χ2n) is 8.16. The summed E-state index contributed by atoms with van der Waals surface area (Å²) >= 11 is 12.1. The minimum atomic E-state index is -0.259. The van der Waals surface area contributed by atoms with E-state index in [0.717, 1.165) is 17.5 Å². The number of nitrogens with one attached hydrogen (secondary N) is 1. The van der Waals surface area contributed by atoms with Gasteiger partial charge in [-0.05, 0) is 62.6 Å². The number of carbonyl (C=O) groups is 1. The first-order valence-electron chi connectivity index (χ1n) is 9.45. The maximum absolute atomic E-state index is 12.4. The topological polar surface area (TPSA) is 41.6 Å². The lowest BCUT2D eigenvalue weighted by molar-refractivity contribution is 0.0159. The Kier molecular flexibility index (Phi) is 6.54.